The van der Waals surface area contributed by atoms with Crippen molar-refractivity contribution in [3.8, 4) is 0 Å². The smallest absolute Gasteiger partial charge is 0.163 e. The van der Waals surface area contributed by atoms with Crippen molar-refractivity contribution in [2.45, 2.75) is 12.8 Å². The molecule has 0 spiro atoms. The molecule has 0 bridgehead atoms. The van der Waals surface area contributed by atoms with Crippen LogP contribution in [0.15, 0.2) is 59.6 Å². The molecular weight excluding hydrogens is 224 g/mol. The highest BCUT2D eigenvalue weighted by atomic mass is 16.3. The van der Waals surface area contributed by atoms with Crippen LogP contribution in [0.2, 0.25) is 0 Å². The molecule has 1 N–H and O–H groups in total. The molecule has 1 unspecified atom stereocenters. The predicted molar refractivity (Wildman–Crippen MR) is 73.2 cm³/mol. The van der Waals surface area contributed by atoms with Crippen molar-refractivity contribution < 1.29 is 5.11 Å². The Morgan fingerprint density at radius 3 is 2.56 bits per heavy atom. The van der Waals surface area contributed by atoms with Gasteiger partial charge >= 0.3 is 0 Å². The lowest BCUT2D eigenvalue weighted by atomic mass is 10.1. The van der Waals surface area contributed by atoms with Gasteiger partial charge in [0.05, 0.1) is 17.6 Å². The van der Waals surface area contributed by atoms with Gasteiger partial charge in [-0.2, -0.15) is 0 Å². The van der Waals surface area contributed by atoms with Crippen LogP contribution in [0.25, 0.3) is 0 Å². The van der Waals surface area contributed by atoms with E-state index >= 15 is 0 Å². The number of para-hydroxylation sites is 2. The molecule has 3 nitrogen and oxygen atoms in total. The molecule has 1 aliphatic rings. The summed E-state index contributed by atoms with van der Waals surface area (Å²) in [6, 6.07) is 18.0. The normalized spacial score (nSPS) is 17.6. The number of hydrogen-bond acceptors (Lipinski definition) is 3. The van der Waals surface area contributed by atoms with Crippen molar-refractivity contribution in [3.05, 3.63) is 60.2 Å². The average molecular weight is 238 g/mol. The van der Waals surface area contributed by atoms with Crippen LogP contribution in [-0.4, -0.2) is 17.5 Å². The summed E-state index contributed by atoms with van der Waals surface area (Å²) in [6.07, 6.45) is 0.908. The van der Waals surface area contributed by atoms with Crippen molar-refractivity contribution in [3.63, 3.8) is 0 Å². The van der Waals surface area contributed by atoms with E-state index in [1.165, 1.54) is 5.56 Å². The summed E-state index contributed by atoms with van der Waals surface area (Å²) < 4.78 is 0. The van der Waals surface area contributed by atoms with Crippen LogP contribution >= 0.6 is 0 Å². The van der Waals surface area contributed by atoms with Gasteiger partial charge in [0, 0.05) is 6.54 Å². The summed E-state index contributed by atoms with van der Waals surface area (Å²) >= 11 is 0. The Bertz CT molecular complexity index is 566. The average Bonchev–Trinajstić information content (AvgIpc) is 2.43. The molecule has 2 aromatic carbocycles. The molecule has 3 heteroatoms. The first-order chi connectivity index (χ1) is 8.84. The summed E-state index contributed by atoms with van der Waals surface area (Å²) in [7, 11) is 0. The number of aliphatic imine (C=N–C) groups is 1. The first kappa shape index (κ1) is 11.0. The third-order valence-corrected chi connectivity index (χ3v) is 3.05. The largest absolute Gasteiger partial charge is 0.368 e. The number of rotatable bonds is 2. The van der Waals surface area contributed by atoms with Gasteiger partial charge in [0.1, 0.15) is 0 Å². The van der Waals surface area contributed by atoms with Gasteiger partial charge in [-0.25, -0.2) is 0 Å². The van der Waals surface area contributed by atoms with Crippen molar-refractivity contribution >= 4 is 17.6 Å². The zero-order chi connectivity index (χ0) is 12.4. The number of anilines is 1. The molecule has 90 valence electrons. The number of nitrogens with zero attached hydrogens (tertiary/aromatic N) is 2. The summed E-state index contributed by atoms with van der Waals surface area (Å²) in [6.45, 7) is 0.672. The maximum absolute atomic E-state index is 10.1. The fraction of sp³-hybridized carbons (Fsp3) is 0.133. The van der Waals surface area contributed by atoms with Gasteiger partial charge in [0.2, 0.25) is 0 Å². The molecule has 0 saturated heterocycles. The van der Waals surface area contributed by atoms with Crippen molar-refractivity contribution in [1.29, 1.82) is 0 Å². The maximum Gasteiger partial charge on any atom is 0.163 e. The third-order valence-electron chi connectivity index (χ3n) is 3.05. The monoisotopic (exact) mass is 238 g/mol. The Morgan fingerprint density at radius 1 is 1.00 bits per heavy atom. The Morgan fingerprint density at radius 2 is 1.72 bits per heavy atom. The quantitative estimate of drug-likeness (QED) is 0.873. The van der Waals surface area contributed by atoms with Gasteiger partial charge in [-0.1, -0.05) is 42.5 Å². The molecular formula is C15H14N2O. The van der Waals surface area contributed by atoms with Crippen LogP contribution in [0.3, 0.4) is 0 Å². The minimum Gasteiger partial charge on any atom is -0.368 e. The fourth-order valence-electron chi connectivity index (χ4n) is 2.14. The lowest BCUT2D eigenvalue weighted by Crippen LogP contribution is -2.37. The second-order valence-corrected chi connectivity index (χ2v) is 4.29. The van der Waals surface area contributed by atoms with E-state index in [-0.39, 0.29) is 0 Å². The van der Waals surface area contributed by atoms with Crippen LogP contribution in [0.1, 0.15) is 5.56 Å². The molecule has 1 atom stereocenters. The number of hydrogen-bond donors (Lipinski definition) is 1. The van der Waals surface area contributed by atoms with Crippen LogP contribution < -0.4 is 4.90 Å². The van der Waals surface area contributed by atoms with Gasteiger partial charge in [-0.15, -0.1) is 0 Å². The highest BCUT2D eigenvalue weighted by Gasteiger charge is 2.21. The summed E-state index contributed by atoms with van der Waals surface area (Å²) in [5.41, 5.74) is 3.04. The molecule has 0 radical (unpaired) electrons. The molecule has 0 amide bonds. The topological polar surface area (TPSA) is 35.8 Å². The van der Waals surface area contributed by atoms with Gasteiger partial charge in [0.15, 0.2) is 6.23 Å². The minimum atomic E-state index is -0.667. The van der Waals surface area contributed by atoms with E-state index in [1.54, 1.807) is 6.21 Å². The van der Waals surface area contributed by atoms with E-state index in [2.05, 4.69) is 17.1 Å². The molecule has 0 saturated carbocycles. The minimum absolute atomic E-state index is 0.667. The van der Waals surface area contributed by atoms with E-state index < -0.39 is 6.23 Å². The molecule has 0 aromatic heterocycles. The van der Waals surface area contributed by atoms with Crippen molar-refractivity contribution in [1.82, 2.24) is 0 Å². The molecule has 2 aromatic rings. The predicted octanol–water partition coefficient (Wildman–Crippen LogP) is 2.73. The first-order valence-corrected chi connectivity index (χ1v) is 5.96. The molecule has 0 aliphatic carbocycles. The van der Waals surface area contributed by atoms with E-state index in [0.717, 1.165) is 11.4 Å². The highest BCUT2D eigenvalue weighted by Crippen LogP contribution is 2.32. The van der Waals surface area contributed by atoms with Gasteiger partial charge in [0.25, 0.3) is 0 Å². The van der Waals surface area contributed by atoms with Crippen LogP contribution in [0.4, 0.5) is 11.4 Å². The lowest BCUT2D eigenvalue weighted by molar-refractivity contribution is 0.236. The van der Waals surface area contributed by atoms with Gasteiger partial charge in [-0.05, 0) is 17.7 Å². The molecule has 18 heavy (non-hydrogen) atoms. The van der Waals surface area contributed by atoms with E-state index in [1.807, 2.05) is 47.4 Å². The number of aliphatic hydroxyl groups excluding tert-OH is 1. The Kier molecular flexibility index (Phi) is 2.82. The maximum atomic E-state index is 10.1. The number of fused-ring (bicyclic) bond motifs is 1. The van der Waals surface area contributed by atoms with Gasteiger partial charge in [-0.3, -0.25) is 4.99 Å². The lowest BCUT2D eigenvalue weighted by Gasteiger charge is -2.31. The van der Waals surface area contributed by atoms with E-state index in [0.29, 0.717) is 6.54 Å². The summed E-state index contributed by atoms with van der Waals surface area (Å²) in [5.74, 6) is 0. The molecule has 1 aliphatic heterocycles. The molecule has 3 rings (SSSR count). The Balaban J connectivity index is 1.94. The van der Waals surface area contributed by atoms with Crippen LogP contribution in [0, 0.1) is 0 Å². The third kappa shape index (κ3) is 2.00. The van der Waals surface area contributed by atoms with Crippen LogP contribution in [0.5, 0.6) is 0 Å². The Labute approximate surface area is 106 Å². The number of benzene rings is 2. The second-order valence-electron chi connectivity index (χ2n) is 4.29. The van der Waals surface area contributed by atoms with Crippen LogP contribution in [-0.2, 0) is 6.54 Å². The molecule has 0 fully saturated rings. The number of aliphatic hydroxyl groups is 1. The standard InChI is InChI=1S/C15H14N2O/c18-15-10-16-13-8-4-5-9-14(13)17(15)11-12-6-2-1-3-7-12/h1-10,15,18H,11H2. The first-order valence-electron chi connectivity index (χ1n) is 5.96. The SMILES string of the molecule is OC1C=Nc2ccccc2N1Cc1ccccc1. The zero-order valence-electron chi connectivity index (χ0n) is 9.90. The van der Waals surface area contributed by atoms with E-state index in [9.17, 15) is 5.11 Å². The Hall–Kier alpha value is -2.13. The summed E-state index contributed by atoms with van der Waals surface area (Å²) in [4.78, 5) is 6.19. The van der Waals surface area contributed by atoms with Crippen molar-refractivity contribution in [2.24, 2.45) is 4.99 Å². The van der Waals surface area contributed by atoms with Crippen molar-refractivity contribution in [2.75, 3.05) is 4.90 Å². The second kappa shape index (κ2) is 4.63. The zero-order valence-corrected chi connectivity index (χ0v) is 9.90. The fourth-order valence-corrected chi connectivity index (χ4v) is 2.14. The van der Waals surface area contributed by atoms with Gasteiger partial charge < -0.3 is 10.0 Å². The molecule has 1 heterocycles. The highest BCUT2D eigenvalue weighted by molar-refractivity contribution is 5.82. The summed E-state index contributed by atoms with van der Waals surface area (Å²) in [5, 5.41) is 10.1. The van der Waals surface area contributed by atoms with E-state index in [4.69, 9.17) is 0 Å².